The number of amides is 1. The Morgan fingerprint density at radius 2 is 1.61 bits per heavy atom. The fourth-order valence-corrected chi connectivity index (χ4v) is 2.52. The molecule has 0 aliphatic carbocycles. The summed E-state index contributed by atoms with van der Waals surface area (Å²) in [5, 5.41) is 3.08. The molecule has 3 nitrogen and oxygen atoms in total. The summed E-state index contributed by atoms with van der Waals surface area (Å²) in [7, 11) is 1.88. The molecule has 2 aromatic rings. The van der Waals surface area contributed by atoms with Crippen LogP contribution in [-0.2, 0) is 11.2 Å². The monoisotopic (exact) mass is 332 g/mol. The van der Waals surface area contributed by atoms with E-state index in [0.717, 1.165) is 12.1 Å². The molecule has 0 aromatic heterocycles. The molecule has 1 unspecified atom stereocenters. The van der Waals surface area contributed by atoms with Gasteiger partial charge in [-0.05, 0) is 31.2 Å². The second-order valence-electron chi connectivity index (χ2n) is 5.52. The standard InChI is InChI=1S/C19H24N2O.ClH/c1-16(15-20-2)19(22)21(18-11-7-4-8-12-18)14-13-17-9-5-3-6-10-17;/h3-12,16,20H,13-15H2,1-2H3;1H. The lowest BCUT2D eigenvalue weighted by molar-refractivity contribution is -0.121. The molecule has 2 aromatic carbocycles. The lowest BCUT2D eigenvalue weighted by atomic mass is 10.1. The van der Waals surface area contributed by atoms with Crippen LogP contribution in [0.15, 0.2) is 60.7 Å². The van der Waals surface area contributed by atoms with Crippen molar-refractivity contribution in [2.24, 2.45) is 5.92 Å². The van der Waals surface area contributed by atoms with Crippen molar-refractivity contribution in [1.29, 1.82) is 0 Å². The minimum atomic E-state index is -0.0408. The number of para-hydroxylation sites is 1. The predicted octanol–water partition coefficient (Wildman–Crippen LogP) is 3.54. The molecule has 4 heteroatoms. The Bertz CT molecular complexity index is 574. The van der Waals surface area contributed by atoms with Crippen LogP contribution in [0.1, 0.15) is 12.5 Å². The van der Waals surface area contributed by atoms with Gasteiger partial charge in [0.15, 0.2) is 0 Å². The van der Waals surface area contributed by atoms with Gasteiger partial charge in [0, 0.05) is 24.7 Å². The van der Waals surface area contributed by atoms with Gasteiger partial charge in [-0.15, -0.1) is 12.4 Å². The molecule has 0 fully saturated rings. The van der Waals surface area contributed by atoms with Crippen LogP contribution in [0.5, 0.6) is 0 Å². The summed E-state index contributed by atoms with van der Waals surface area (Å²) in [5.74, 6) is 0.123. The molecule has 0 saturated carbocycles. The first-order valence-corrected chi connectivity index (χ1v) is 7.77. The normalized spacial score (nSPS) is 11.4. The van der Waals surface area contributed by atoms with Gasteiger partial charge in [-0.1, -0.05) is 55.5 Å². The number of rotatable bonds is 7. The summed E-state index contributed by atoms with van der Waals surface area (Å²) in [5.41, 5.74) is 2.21. The molecule has 124 valence electrons. The maximum atomic E-state index is 12.7. The van der Waals surface area contributed by atoms with E-state index < -0.39 is 0 Å². The van der Waals surface area contributed by atoms with Crippen molar-refractivity contribution in [3.8, 4) is 0 Å². The highest BCUT2D eigenvalue weighted by molar-refractivity contribution is 5.95. The Hall–Kier alpha value is -1.84. The van der Waals surface area contributed by atoms with E-state index in [1.54, 1.807) is 0 Å². The minimum absolute atomic E-state index is 0. The van der Waals surface area contributed by atoms with E-state index in [-0.39, 0.29) is 24.2 Å². The van der Waals surface area contributed by atoms with Gasteiger partial charge in [0.25, 0.3) is 0 Å². The van der Waals surface area contributed by atoms with Gasteiger partial charge in [-0.3, -0.25) is 4.79 Å². The Kier molecular flexibility index (Phi) is 8.38. The Balaban J connectivity index is 0.00000264. The molecule has 1 amide bonds. The van der Waals surface area contributed by atoms with Crippen LogP contribution in [0, 0.1) is 5.92 Å². The molecule has 0 radical (unpaired) electrons. The lowest BCUT2D eigenvalue weighted by Crippen LogP contribution is -2.39. The Morgan fingerprint density at radius 3 is 2.17 bits per heavy atom. The van der Waals surface area contributed by atoms with E-state index in [0.29, 0.717) is 13.1 Å². The van der Waals surface area contributed by atoms with Crippen molar-refractivity contribution in [1.82, 2.24) is 5.32 Å². The van der Waals surface area contributed by atoms with Crippen LogP contribution in [0.2, 0.25) is 0 Å². The fourth-order valence-electron chi connectivity index (χ4n) is 2.52. The van der Waals surface area contributed by atoms with E-state index in [1.807, 2.05) is 67.4 Å². The summed E-state index contributed by atoms with van der Waals surface area (Å²) in [6, 6.07) is 20.2. The topological polar surface area (TPSA) is 32.3 Å². The first kappa shape index (κ1) is 19.2. The van der Waals surface area contributed by atoms with Gasteiger partial charge in [0.05, 0.1) is 0 Å². The van der Waals surface area contributed by atoms with Crippen LogP contribution in [0.25, 0.3) is 0 Å². The summed E-state index contributed by atoms with van der Waals surface area (Å²) in [6.45, 7) is 3.35. The average molecular weight is 333 g/mol. The third-order valence-corrected chi connectivity index (χ3v) is 3.73. The number of nitrogens with zero attached hydrogens (tertiary/aromatic N) is 1. The highest BCUT2D eigenvalue weighted by atomic mass is 35.5. The van der Waals surface area contributed by atoms with Crippen molar-refractivity contribution >= 4 is 24.0 Å². The van der Waals surface area contributed by atoms with E-state index in [1.165, 1.54) is 5.56 Å². The smallest absolute Gasteiger partial charge is 0.231 e. The zero-order valence-corrected chi connectivity index (χ0v) is 14.6. The highest BCUT2D eigenvalue weighted by Gasteiger charge is 2.21. The van der Waals surface area contributed by atoms with E-state index in [9.17, 15) is 4.79 Å². The summed E-state index contributed by atoms with van der Waals surface area (Å²) in [4.78, 5) is 14.6. The van der Waals surface area contributed by atoms with Gasteiger partial charge < -0.3 is 10.2 Å². The van der Waals surface area contributed by atoms with Crippen molar-refractivity contribution in [3.05, 3.63) is 66.2 Å². The van der Waals surface area contributed by atoms with Crippen molar-refractivity contribution in [3.63, 3.8) is 0 Å². The van der Waals surface area contributed by atoms with Crippen molar-refractivity contribution < 1.29 is 4.79 Å². The van der Waals surface area contributed by atoms with E-state index in [4.69, 9.17) is 0 Å². The van der Waals surface area contributed by atoms with Crippen LogP contribution in [0.3, 0.4) is 0 Å². The molecule has 0 heterocycles. The first-order chi connectivity index (χ1) is 10.7. The number of anilines is 1. The number of carbonyl (C=O) groups is 1. The van der Waals surface area contributed by atoms with E-state index in [2.05, 4.69) is 17.4 Å². The number of nitrogens with one attached hydrogen (secondary N) is 1. The van der Waals surface area contributed by atoms with Crippen LogP contribution in [-0.4, -0.2) is 26.0 Å². The minimum Gasteiger partial charge on any atom is -0.319 e. The third kappa shape index (κ3) is 5.70. The molecule has 0 aliphatic heterocycles. The molecular weight excluding hydrogens is 308 g/mol. The quantitative estimate of drug-likeness (QED) is 0.841. The predicted molar refractivity (Wildman–Crippen MR) is 99.3 cm³/mol. The molecule has 0 aliphatic rings. The molecule has 23 heavy (non-hydrogen) atoms. The third-order valence-electron chi connectivity index (χ3n) is 3.73. The SMILES string of the molecule is CNCC(C)C(=O)N(CCc1ccccc1)c1ccccc1.Cl. The zero-order chi connectivity index (χ0) is 15.8. The molecular formula is C19H25ClN2O. The van der Waals surface area contributed by atoms with Gasteiger partial charge in [-0.25, -0.2) is 0 Å². The Morgan fingerprint density at radius 1 is 1.04 bits per heavy atom. The number of hydrogen-bond acceptors (Lipinski definition) is 2. The number of halogens is 1. The number of hydrogen-bond donors (Lipinski definition) is 1. The largest absolute Gasteiger partial charge is 0.319 e. The van der Waals surface area contributed by atoms with Gasteiger partial charge in [-0.2, -0.15) is 0 Å². The highest BCUT2D eigenvalue weighted by Crippen LogP contribution is 2.17. The molecule has 0 saturated heterocycles. The van der Waals surface area contributed by atoms with Crippen LogP contribution in [0.4, 0.5) is 5.69 Å². The number of carbonyl (C=O) groups excluding carboxylic acids is 1. The molecule has 2 rings (SSSR count). The van der Waals surface area contributed by atoms with Crippen molar-refractivity contribution in [2.75, 3.05) is 25.0 Å². The fraction of sp³-hybridized carbons (Fsp3) is 0.316. The lowest BCUT2D eigenvalue weighted by Gasteiger charge is -2.26. The Labute approximate surface area is 145 Å². The first-order valence-electron chi connectivity index (χ1n) is 7.77. The molecule has 1 atom stereocenters. The second-order valence-corrected chi connectivity index (χ2v) is 5.52. The summed E-state index contributed by atoms with van der Waals surface area (Å²) < 4.78 is 0. The zero-order valence-electron chi connectivity index (χ0n) is 13.7. The van der Waals surface area contributed by atoms with Crippen LogP contribution >= 0.6 is 12.4 Å². The molecule has 0 spiro atoms. The van der Waals surface area contributed by atoms with Crippen molar-refractivity contribution in [2.45, 2.75) is 13.3 Å². The molecule has 0 bridgehead atoms. The summed E-state index contributed by atoms with van der Waals surface area (Å²) in [6.07, 6.45) is 0.855. The number of benzene rings is 2. The maximum absolute atomic E-state index is 12.7. The van der Waals surface area contributed by atoms with Gasteiger partial charge in [0.1, 0.15) is 0 Å². The summed E-state index contributed by atoms with van der Waals surface area (Å²) >= 11 is 0. The average Bonchev–Trinajstić information content (AvgIpc) is 2.57. The molecule has 1 N–H and O–H groups in total. The van der Waals surface area contributed by atoms with E-state index >= 15 is 0 Å². The van der Waals surface area contributed by atoms with Gasteiger partial charge >= 0.3 is 0 Å². The second kappa shape index (κ2) is 10.0. The van der Waals surface area contributed by atoms with Gasteiger partial charge in [0.2, 0.25) is 5.91 Å². The maximum Gasteiger partial charge on any atom is 0.231 e. The van der Waals surface area contributed by atoms with Crippen LogP contribution < -0.4 is 10.2 Å².